The summed E-state index contributed by atoms with van der Waals surface area (Å²) in [7, 11) is -3.54. The first-order valence-electron chi connectivity index (χ1n) is 9.32. The first kappa shape index (κ1) is 20.8. The monoisotopic (exact) mass is 420 g/mol. The predicted molar refractivity (Wildman–Crippen MR) is 112 cm³/mol. The van der Waals surface area contributed by atoms with Gasteiger partial charge in [0.25, 0.3) is 0 Å². The molecule has 3 rings (SSSR count). The molecule has 1 saturated heterocycles. The third kappa shape index (κ3) is 4.57. The Labute approximate surface area is 171 Å². The van der Waals surface area contributed by atoms with E-state index in [-0.39, 0.29) is 11.8 Å². The van der Waals surface area contributed by atoms with Gasteiger partial charge in [0.2, 0.25) is 15.9 Å². The fraction of sp³-hybridized carbons (Fsp3) is 0.381. The summed E-state index contributed by atoms with van der Waals surface area (Å²) in [5.41, 5.74) is 3.41. The highest BCUT2D eigenvalue weighted by atomic mass is 35.5. The average molecular weight is 421 g/mol. The molecule has 0 unspecified atom stereocenters. The maximum Gasteiger partial charge on any atom is 0.243 e. The summed E-state index contributed by atoms with van der Waals surface area (Å²) < 4.78 is 27.4. The van der Waals surface area contributed by atoms with Crippen LogP contribution in [0.1, 0.15) is 29.5 Å². The molecule has 0 saturated carbocycles. The lowest BCUT2D eigenvalue weighted by Crippen LogP contribution is -2.41. The summed E-state index contributed by atoms with van der Waals surface area (Å²) in [5.74, 6) is -0.310. The molecule has 0 radical (unpaired) electrons. The van der Waals surface area contributed by atoms with E-state index in [2.05, 4.69) is 5.32 Å². The van der Waals surface area contributed by atoms with Crippen molar-refractivity contribution >= 4 is 33.2 Å². The molecule has 1 N–H and O–H groups in total. The van der Waals surface area contributed by atoms with Crippen LogP contribution < -0.4 is 5.32 Å². The number of hydrogen-bond acceptors (Lipinski definition) is 3. The number of carbonyl (C=O) groups excluding carboxylic acids is 1. The van der Waals surface area contributed by atoms with Crippen LogP contribution in [-0.4, -0.2) is 31.7 Å². The van der Waals surface area contributed by atoms with Crippen LogP contribution in [0.15, 0.2) is 41.3 Å². The maximum absolute atomic E-state index is 13.0. The molecule has 1 heterocycles. The Hall–Kier alpha value is -1.89. The summed E-state index contributed by atoms with van der Waals surface area (Å²) in [6, 6.07) is 10.8. The average Bonchev–Trinajstić information content (AvgIpc) is 2.60. The summed E-state index contributed by atoms with van der Waals surface area (Å²) in [6.45, 7) is 6.34. The van der Waals surface area contributed by atoms with E-state index in [1.165, 1.54) is 4.31 Å². The lowest BCUT2D eigenvalue weighted by atomic mass is 9.97. The van der Waals surface area contributed by atoms with Crippen molar-refractivity contribution in [3.05, 3.63) is 58.1 Å². The Morgan fingerprint density at radius 1 is 1.04 bits per heavy atom. The van der Waals surface area contributed by atoms with Crippen molar-refractivity contribution in [1.82, 2.24) is 4.31 Å². The topological polar surface area (TPSA) is 66.5 Å². The molecule has 1 aliphatic heterocycles. The SMILES string of the molecule is Cc1cc(Cl)cc(NC(=O)C2CCN(S(=O)(=O)c3ccc(C)cc3C)CC2)c1. The molecular formula is C21H25ClN2O3S. The van der Waals surface area contributed by atoms with Crippen LogP contribution in [0.25, 0.3) is 0 Å². The van der Waals surface area contributed by atoms with Crippen LogP contribution in [0.4, 0.5) is 5.69 Å². The lowest BCUT2D eigenvalue weighted by Gasteiger charge is -2.31. The van der Waals surface area contributed by atoms with E-state index in [1.54, 1.807) is 12.1 Å². The van der Waals surface area contributed by atoms with Gasteiger partial charge in [0, 0.05) is 29.7 Å². The summed E-state index contributed by atoms with van der Waals surface area (Å²) in [5, 5.41) is 3.48. The molecular weight excluding hydrogens is 396 g/mol. The molecule has 0 spiro atoms. The number of nitrogens with one attached hydrogen (secondary N) is 1. The van der Waals surface area contributed by atoms with Gasteiger partial charge in [-0.15, -0.1) is 0 Å². The molecule has 5 nitrogen and oxygen atoms in total. The van der Waals surface area contributed by atoms with Crippen molar-refractivity contribution in [3.8, 4) is 0 Å². The Morgan fingerprint density at radius 2 is 1.71 bits per heavy atom. The van der Waals surface area contributed by atoms with Crippen molar-refractivity contribution in [3.63, 3.8) is 0 Å². The number of rotatable bonds is 4. The van der Waals surface area contributed by atoms with Gasteiger partial charge in [0.15, 0.2) is 0 Å². The van der Waals surface area contributed by atoms with Crippen LogP contribution in [-0.2, 0) is 14.8 Å². The van der Waals surface area contributed by atoms with Gasteiger partial charge in [0.1, 0.15) is 0 Å². The van der Waals surface area contributed by atoms with Gasteiger partial charge < -0.3 is 5.32 Å². The predicted octanol–water partition coefficient (Wildman–Crippen LogP) is 4.30. The number of amides is 1. The van der Waals surface area contributed by atoms with Gasteiger partial charge in [-0.25, -0.2) is 8.42 Å². The van der Waals surface area contributed by atoms with Gasteiger partial charge >= 0.3 is 0 Å². The first-order valence-corrected chi connectivity index (χ1v) is 11.1. The highest BCUT2D eigenvalue weighted by Crippen LogP contribution is 2.27. The zero-order valence-corrected chi connectivity index (χ0v) is 17.9. The van der Waals surface area contributed by atoms with E-state index < -0.39 is 10.0 Å². The number of anilines is 1. The molecule has 0 aromatic heterocycles. The fourth-order valence-corrected chi connectivity index (χ4v) is 5.60. The van der Waals surface area contributed by atoms with Crippen molar-refractivity contribution in [2.45, 2.75) is 38.5 Å². The summed E-state index contributed by atoms with van der Waals surface area (Å²) >= 11 is 6.04. The minimum atomic E-state index is -3.54. The second-order valence-electron chi connectivity index (χ2n) is 7.45. The van der Waals surface area contributed by atoms with E-state index in [0.29, 0.717) is 41.5 Å². The lowest BCUT2D eigenvalue weighted by molar-refractivity contribution is -0.120. The summed E-state index contributed by atoms with van der Waals surface area (Å²) in [6.07, 6.45) is 0.991. The normalized spacial score (nSPS) is 16.1. The van der Waals surface area contributed by atoms with Crippen LogP contribution in [0, 0.1) is 26.7 Å². The quantitative estimate of drug-likeness (QED) is 0.801. The Morgan fingerprint density at radius 3 is 2.32 bits per heavy atom. The largest absolute Gasteiger partial charge is 0.326 e. The number of nitrogens with zero attached hydrogens (tertiary/aromatic N) is 1. The van der Waals surface area contributed by atoms with Crippen LogP contribution in [0.2, 0.25) is 5.02 Å². The number of hydrogen-bond donors (Lipinski definition) is 1. The van der Waals surface area contributed by atoms with Crippen LogP contribution in [0.3, 0.4) is 0 Å². The molecule has 1 aliphatic rings. The van der Waals surface area contributed by atoms with Crippen molar-refractivity contribution in [1.29, 1.82) is 0 Å². The summed E-state index contributed by atoms with van der Waals surface area (Å²) in [4.78, 5) is 12.9. The van der Waals surface area contributed by atoms with Crippen molar-refractivity contribution in [2.75, 3.05) is 18.4 Å². The fourth-order valence-electron chi connectivity index (χ4n) is 3.64. The molecule has 0 atom stereocenters. The van der Waals surface area contributed by atoms with E-state index >= 15 is 0 Å². The van der Waals surface area contributed by atoms with E-state index in [1.807, 2.05) is 45.0 Å². The molecule has 0 aliphatic carbocycles. The molecule has 2 aromatic carbocycles. The number of halogens is 1. The van der Waals surface area contributed by atoms with Crippen LogP contribution in [0.5, 0.6) is 0 Å². The molecule has 28 heavy (non-hydrogen) atoms. The zero-order chi connectivity index (χ0) is 20.5. The minimum absolute atomic E-state index is 0.0924. The van der Waals surface area contributed by atoms with Gasteiger partial charge in [0.05, 0.1) is 4.90 Å². The van der Waals surface area contributed by atoms with Crippen LogP contribution >= 0.6 is 11.6 Å². The van der Waals surface area contributed by atoms with E-state index in [0.717, 1.165) is 16.7 Å². The Balaban J connectivity index is 1.65. The molecule has 150 valence electrons. The third-order valence-electron chi connectivity index (χ3n) is 5.08. The van der Waals surface area contributed by atoms with Crippen molar-refractivity contribution < 1.29 is 13.2 Å². The van der Waals surface area contributed by atoms with Crippen molar-refractivity contribution in [2.24, 2.45) is 5.92 Å². The van der Waals surface area contributed by atoms with Gasteiger partial charge in [-0.1, -0.05) is 29.3 Å². The number of aryl methyl sites for hydroxylation is 3. The molecule has 0 bridgehead atoms. The highest BCUT2D eigenvalue weighted by molar-refractivity contribution is 7.89. The van der Waals surface area contributed by atoms with E-state index in [4.69, 9.17) is 11.6 Å². The molecule has 1 fully saturated rings. The Kier molecular flexibility index (Phi) is 6.12. The molecule has 1 amide bonds. The van der Waals surface area contributed by atoms with Gasteiger partial charge in [-0.2, -0.15) is 4.31 Å². The standard InChI is InChI=1S/C21H25ClN2O3S/c1-14-4-5-20(16(3)10-14)28(26,27)24-8-6-17(7-9-24)21(25)23-19-12-15(2)11-18(22)13-19/h4-5,10-13,17H,6-9H2,1-3H3,(H,23,25). The van der Waals surface area contributed by atoms with E-state index in [9.17, 15) is 13.2 Å². The third-order valence-corrected chi connectivity index (χ3v) is 7.36. The van der Waals surface area contributed by atoms with Gasteiger partial charge in [-0.05, 0) is 69.0 Å². The number of piperidine rings is 1. The van der Waals surface area contributed by atoms with Gasteiger partial charge in [-0.3, -0.25) is 4.79 Å². The number of sulfonamides is 1. The molecule has 2 aromatic rings. The zero-order valence-electron chi connectivity index (χ0n) is 16.3. The molecule has 7 heteroatoms. The number of benzene rings is 2. The maximum atomic E-state index is 13.0. The second kappa shape index (κ2) is 8.23. The Bertz CT molecular complexity index is 976. The number of carbonyl (C=O) groups is 1. The minimum Gasteiger partial charge on any atom is -0.326 e. The highest BCUT2D eigenvalue weighted by Gasteiger charge is 2.32. The smallest absolute Gasteiger partial charge is 0.243 e. The second-order valence-corrected chi connectivity index (χ2v) is 9.80. The first-order chi connectivity index (χ1) is 13.2.